The topological polar surface area (TPSA) is 38.3 Å². The number of ether oxygens (including phenoxy) is 1. The van der Waals surface area contributed by atoms with E-state index in [9.17, 15) is 4.79 Å². The minimum absolute atomic E-state index is 0.227. The van der Waals surface area contributed by atoms with Crippen LogP contribution in [0.15, 0.2) is 11.4 Å². The van der Waals surface area contributed by atoms with E-state index in [2.05, 4.69) is 5.32 Å². The van der Waals surface area contributed by atoms with Gasteiger partial charge in [-0.1, -0.05) is 11.6 Å². The van der Waals surface area contributed by atoms with Crippen molar-refractivity contribution >= 4 is 28.9 Å². The van der Waals surface area contributed by atoms with E-state index in [0.29, 0.717) is 13.2 Å². The lowest BCUT2D eigenvalue weighted by Gasteiger charge is -2.02. The van der Waals surface area contributed by atoms with Gasteiger partial charge in [-0.05, 0) is 13.0 Å². The van der Waals surface area contributed by atoms with Crippen LogP contribution in [0.4, 0.5) is 0 Å². The second-order valence-corrected chi connectivity index (χ2v) is 4.07. The lowest BCUT2D eigenvalue weighted by molar-refractivity contribution is -0.142. The van der Waals surface area contributed by atoms with Gasteiger partial charge in [-0.15, -0.1) is 11.3 Å². The molecule has 5 heteroatoms. The molecule has 0 saturated heterocycles. The Kier molecular flexibility index (Phi) is 4.93. The van der Waals surface area contributed by atoms with E-state index in [4.69, 9.17) is 16.3 Å². The summed E-state index contributed by atoms with van der Waals surface area (Å²) in [5.74, 6) is -0.227. The van der Waals surface area contributed by atoms with E-state index in [1.165, 1.54) is 0 Å². The number of thiophene rings is 1. The fraction of sp³-hybridized carbons (Fsp3) is 0.444. The zero-order valence-corrected chi connectivity index (χ0v) is 9.45. The predicted octanol–water partition coefficient (Wildman–Crippen LogP) is 2.05. The Balaban J connectivity index is 2.18. The largest absolute Gasteiger partial charge is 0.465 e. The summed E-state index contributed by atoms with van der Waals surface area (Å²) < 4.78 is 4.76. The number of esters is 1. The van der Waals surface area contributed by atoms with Crippen LogP contribution in [-0.2, 0) is 16.1 Å². The van der Waals surface area contributed by atoms with E-state index >= 15 is 0 Å². The molecule has 14 heavy (non-hydrogen) atoms. The summed E-state index contributed by atoms with van der Waals surface area (Å²) in [6.45, 7) is 3.10. The Morgan fingerprint density at radius 2 is 2.50 bits per heavy atom. The van der Waals surface area contributed by atoms with Crippen LogP contribution in [0.5, 0.6) is 0 Å². The molecule has 78 valence electrons. The molecule has 0 aliphatic carbocycles. The Labute approximate surface area is 92.0 Å². The zero-order valence-electron chi connectivity index (χ0n) is 7.88. The van der Waals surface area contributed by atoms with Gasteiger partial charge in [0.05, 0.1) is 18.2 Å². The number of nitrogens with one attached hydrogen (secondary N) is 1. The zero-order chi connectivity index (χ0) is 10.4. The highest BCUT2D eigenvalue weighted by Gasteiger charge is 2.01. The van der Waals surface area contributed by atoms with Crippen LogP contribution in [0.1, 0.15) is 11.8 Å². The number of carbonyl (C=O) groups excluding carboxylic acids is 1. The monoisotopic (exact) mass is 233 g/mol. The number of hydrogen-bond donors (Lipinski definition) is 1. The summed E-state index contributed by atoms with van der Waals surface area (Å²) in [5.41, 5.74) is 0. The fourth-order valence-corrected chi connectivity index (χ4v) is 1.99. The van der Waals surface area contributed by atoms with Crippen molar-refractivity contribution in [1.82, 2.24) is 5.32 Å². The lowest BCUT2D eigenvalue weighted by atomic mass is 10.4. The molecule has 1 N–H and O–H groups in total. The number of hydrogen-bond acceptors (Lipinski definition) is 4. The van der Waals surface area contributed by atoms with Crippen LogP contribution in [0, 0.1) is 0 Å². The predicted molar refractivity (Wildman–Crippen MR) is 57.7 cm³/mol. The highest BCUT2D eigenvalue weighted by atomic mass is 35.5. The second-order valence-electron chi connectivity index (χ2n) is 2.64. The van der Waals surface area contributed by atoms with Gasteiger partial charge in [0.2, 0.25) is 0 Å². The molecule has 0 radical (unpaired) electrons. The first kappa shape index (κ1) is 11.5. The molecule has 0 atom stereocenters. The third-order valence-electron chi connectivity index (χ3n) is 1.50. The molecule has 0 fully saturated rings. The molecule has 1 aromatic heterocycles. The third-order valence-corrected chi connectivity index (χ3v) is 2.78. The summed E-state index contributed by atoms with van der Waals surface area (Å²) in [6.07, 6.45) is 0. The standard InChI is InChI=1S/C9H12ClNO2S/c1-2-13-9(12)5-11-4-8-3-7(10)6-14-8/h3,6,11H,2,4-5H2,1H3. The van der Waals surface area contributed by atoms with E-state index in [-0.39, 0.29) is 12.5 Å². The van der Waals surface area contributed by atoms with Gasteiger partial charge in [0.25, 0.3) is 0 Å². The van der Waals surface area contributed by atoms with Crippen molar-refractivity contribution in [3.05, 3.63) is 21.3 Å². The smallest absolute Gasteiger partial charge is 0.319 e. The summed E-state index contributed by atoms with van der Waals surface area (Å²) in [4.78, 5) is 12.0. The van der Waals surface area contributed by atoms with Crippen LogP contribution in [0.25, 0.3) is 0 Å². The molecular formula is C9H12ClNO2S. The molecule has 0 aliphatic heterocycles. The van der Waals surface area contributed by atoms with Gasteiger partial charge < -0.3 is 10.1 Å². The van der Waals surface area contributed by atoms with Crippen molar-refractivity contribution in [3.8, 4) is 0 Å². The quantitative estimate of drug-likeness (QED) is 0.792. The summed E-state index contributed by atoms with van der Waals surface area (Å²) in [6, 6.07) is 1.88. The summed E-state index contributed by atoms with van der Waals surface area (Å²) in [7, 11) is 0. The number of carbonyl (C=O) groups is 1. The van der Waals surface area contributed by atoms with Gasteiger partial charge in [0.15, 0.2) is 0 Å². The molecule has 0 amide bonds. The maximum absolute atomic E-state index is 10.9. The van der Waals surface area contributed by atoms with E-state index in [1.54, 1.807) is 18.3 Å². The van der Waals surface area contributed by atoms with Gasteiger partial charge in [0, 0.05) is 16.8 Å². The van der Waals surface area contributed by atoms with Gasteiger partial charge in [-0.2, -0.15) is 0 Å². The molecule has 3 nitrogen and oxygen atoms in total. The molecule has 0 spiro atoms. The molecular weight excluding hydrogens is 222 g/mol. The van der Waals surface area contributed by atoms with Crippen molar-refractivity contribution in [2.24, 2.45) is 0 Å². The van der Waals surface area contributed by atoms with Crippen molar-refractivity contribution in [2.45, 2.75) is 13.5 Å². The third kappa shape index (κ3) is 4.09. The molecule has 0 bridgehead atoms. The average Bonchev–Trinajstić information content (AvgIpc) is 2.52. The highest BCUT2D eigenvalue weighted by Crippen LogP contribution is 2.18. The first-order valence-corrected chi connectivity index (χ1v) is 5.57. The molecule has 1 rings (SSSR count). The molecule has 0 aromatic carbocycles. The van der Waals surface area contributed by atoms with Crippen LogP contribution in [0.3, 0.4) is 0 Å². The number of rotatable bonds is 5. The van der Waals surface area contributed by atoms with Gasteiger partial charge in [-0.3, -0.25) is 4.79 Å². The molecule has 1 heterocycles. The van der Waals surface area contributed by atoms with E-state index in [0.717, 1.165) is 9.90 Å². The average molecular weight is 234 g/mol. The van der Waals surface area contributed by atoms with Crippen LogP contribution < -0.4 is 5.32 Å². The normalized spacial score (nSPS) is 10.1. The highest BCUT2D eigenvalue weighted by molar-refractivity contribution is 7.10. The lowest BCUT2D eigenvalue weighted by Crippen LogP contribution is -2.23. The molecule has 0 aliphatic rings. The van der Waals surface area contributed by atoms with Gasteiger partial charge in [-0.25, -0.2) is 0 Å². The van der Waals surface area contributed by atoms with E-state index < -0.39 is 0 Å². The van der Waals surface area contributed by atoms with Crippen LogP contribution >= 0.6 is 22.9 Å². The minimum atomic E-state index is -0.227. The second kappa shape index (κ2) is 6.01. The molecule has 0 unspecified atom stereocenters. The molecule has 0 saturated carbocycles. The Bertz CT molecular complexity index is 301. The maximum atomic E-state index is 10.9. The van der Waals surface area contributed by atoms with Gasteiger partial charge in [0.1, 0.15) is 0 Å². The SMILES string of the molecule is CCOC(=O)CNCc1cc(Cl)cs1. The minimum Gasteiger partial charge on any atom is -0.465 e. The first-order chi connectivity index (χ1) is 6.72. The van der Waals surface area contributed by atoms with Crippen molar-refractivity contribution in [3.63, 3.8) is 0 Å². The van der Waals surface area contributed by atoms with Crippen molar-refractivity contribution in [1.29, 1.82) is 0 Å². The summed E-state index contributed by atoms with van der Waals surface area (Å²) >= 11 is 7.31. The van der Waals surface area contributed by atoms with Crippen LogP contribution in [-0.4, -0.2) is 19.1 Å². The number of halogens is 1. The molecule has 1 aromatic rings. The Morgan fingerprint density at radius 1 is 1.71 bits per heavy atom. The Morgan fingerprint density at radius 3 is 3.07 bits per heavy atom. The van der Waals surface area contributed by atoms with E-state index in [1.807, 2.05) is 11.4 Å². The fourth-order valence-electron chi connectivity index (χ4n) is 0.946. The Hall–Kier alpha value is -0.580. The van der Waals surface area contributed by atoms with Crippen molar-refractivity contribution in [2.75, 3.05) is 13.2 Å². The van der Waals surface area contributed by atoms with Gasteiger partial charge >= 0.3 is 5.97 Å². The van der Waals surface area contributed by atoms with Crippen molar-refractivity contribution < 1.29 is 9.53 Å². The maximum Gasteiger partial charge on any atom is 0.319 e. The van der Waals surface area contributed by atoms with Crippen LogP contribution in [0.2, 0.25) is 5.02 Å². The first-order valence-electron chi connectivity index (χ1n) is 4.31. The summed E-state index contributed by atoms with van der Waals surface area (Å²) in [5, 5.41) is 5.58.